The number of fused-ring (bicyclic) bond motifs is 1. The smallest absolute Gasteiger partial charge is 0.340 e. The lowest BCUT2D eigenvalue weighted by atomic mass is 10.2. The molecule has 1 N–H and O–H groups in total. The van der Waals surface area contributed by atoms with Gasteiger partial charge in [0.25, 0.3) is 0 Å². The van der Waals surface area contributed by atoms with Gasteiger partial charge in [0.15, 0.2) is 0 Å². The van der Waals surface area contributed by atoms with Gasteiger partial charge in [-0.05, 0) is 36.1 Å². The van der Waals surface area contributed by atoms with E-state index in [1.165, 1.54) is 24.8 Å². The topological polar surface area (TPSA) is 84.4 Å². The molecular weight excluding hydrogens is 388 g/mol. The van der Waals surface area contributed by atoms with E-state index in [1.54, 1.807) is 28.5 Å². The van der Waals surface area contributed by atoms with Crippen molar-refractivity contribution in [3.8, 4) is 0 Å². The maximum absolute atomic E-state index is 12.9. The van der Waals surface area contributed by atoms with Gasteiger partial charge in [-0.2, -0.15) is 0 Å². The standard InChI is InChI=1S/C18H15ClN4O3S/c1-26-18(25)12-5-7-27-17(12)23-6-4-13(16(23)24)22-15-11-3-2-10(19)8-14(11)20-9-21-15/h2-3,5,7-9,13H,4,6H2,1H3,(H,20,21,22). The van der Waals surface area contributed by atoms with E-state index in [9.17, 15) is 9.59 Å². The summed E-state index contributed by atoms with van der Waals surface area (Å²) in [5.74, 6) is 0.0219. The lowest BCUT2D eigenvalue weighted by Crippen LogP contribution is -2.34. The van der Waals surface area contributed by atoms with Crippen molar-refractivity contribution in [3.63, 3.8) is 0 Å². The number of aromatic nitrogens is 2. The number of carbonyl (C=O) groups excluding carboxylic acids is 2. The minimum atomic E-state index is -0.450. The predicted molar refractivity (Wildman–Crippen MR) is 105 cm³/mol. The third-order valence-corrected chi connectivity index (χ3v) is 5.58. The summed E-state index contributed by atoms with van der Waals surface area (Å²) in [5.41, 5.74) is 1.10. The van der Waals surface area contributed by atoms with Crippen molar-refractivity contribution in [2.24, 2.45) is 0 Å². The number of benzene rings is 1. The molecule has 1 aromatic carbocycles. The first-order valence-corrected chi connectivity index (χ1v) is 9.48. The maximum Gasteiger partial charge on any atom is 0.340 e. The number of carbonyl (C=O) groups is 2. The summed E-state index contributed by atoms with van der Waals surface area (Å²) in [5, 5.41) is 6.97. The summed E-state index contributed by atoms with van der Waals surface area (Å²) in [6.07, 6.45) is 2.03. The molecule has 1 fully saturated rings. The normalized spacial score (nSPS) is 16.7. The van der Waals surface area contributed by atoms with Crippen LogP contribution in [0.25, 0.3) is 10.9 Å². The van der Waals surface area contributed by atoms with E-state index < -0.39 is 12.0 Å². The third-order valence-electron chi connectivity index (χ3n) is 4.41. The number of nitrogens with zero attached hydrogens (tertiary/aromatic N) is 3. The molecule has 1 saturated heterocycles. The highest BCUT2D eigenvalue weighted by Gasteiger charge is 2.35. The molecule has 0 radical (unpaired) electrons. The van der Waals surface area contributed by atoms with Crippen LogP contribution in [-0.2, 0) is 9.53 Å². The molecule has 4 rings (SSSR count). The van der Waals surface area contributed by atoms with Crippen LogP contribution in [0, 0.1) is 0 Å². The molecule has 2 aromatic heterocycles. The van der Waals surface area contributed by atoms with Crippen molar-refractivity contribution in [2.45, 2.75) is 12.5 Å². The monoisotopic (exact) mass is 402 g/mol. The quantitative estimate of drug-likeness (QED) is 0.674. The zero-order valence-electron chi connectivity index (χ0n) is 14.3. The summed E-state index contributed by atoms with van der Waals surface area (Å²) in [6, 6.07) is 6.57. The average molecular weight is 403 g/mol. The number of ether oxygens (including phenoxy) is 1. The number of halogens is 1. The van der Waals surface area contributed by atoms with E-state index in [2.05, 4.69) is 15.3 Å². The lowest BCUT2D eigenvalue weighted by molar-refractivity contribution is -0.117. The molecule has 3 heterocycles. The second-order valence-corrected chi connectivity index (χ2v) is 7.32. The largest absolute Gasteiger partial charge is 0.465 e. The highest BCUT2D eigenvalue weighted by atomic mass is 35.5. The van der Waals surface area contributed by atoms with Gasteiger partial charge in [0, 0.05) is 17.0 Å². The molecule has 1 aliphatic rings. The summed E-state index contributed by atoms with van der Waals surface area (Å²) >= 11 is 7.36. The van der Waals surface area contributed by atoms with Gasteiger partial charge < -0.3 is 15.0 Å². The fraction of sp³-hybridized carbons (Fsp3) is 0.222. The van der Waals surface area contributed by atoms with Crippen molar-refractivity contribution in [1.82, 2.24) is 9.97 Å². The predicted octanol–water partition coefficient (Wildman–Crippen LogP) is 3.35. The van der Waals surface area contributed by atoms with Crippen molar-refractivity contribution in [3.05, 3.63) is 46.6 Å². The Morgan fingerprint density at radius 3 is 3.04 bits per heavy atom. The molecule has 0 spiro atoms. The van der Waals surface area contributed by atoms with Crippen LogP contribution in [-0.4, -0.2) is 41.5 Å². The van der Waals surface area contributed by atoms with Crippen LogP contribution in [0.2, 0.25) is 5.02 Å². The summed E-state index contributed by atoms with van der Waals surface area (Å²) < 4.78 is 4.80. The Kier molecular flexibility index (Phi) is 4.67. The van der Waals surface area contributed by atoms with Gasteiger partial charge in [0.05, 0.1) is 18.2 Å². The van der Waals surface area contributed by atoms with E-state index in [0.717, 1.165) is 5.39 Å². The summed E-state index contributed by atoms with van der Waals surface area (Å²) in [6.45, 7) is 0.510. The molecule has 7 nitrogen and oxygen atoms in total. The number of nitrogens with one attached hydrogen (secondary N) is 1. The number of esters is 1. The molecule has 0 aliphatic carbocycles. The Balaban J connectivity index is 1.59. The number of amides is 1. The molecule has 0 saturated carbocycles. The lowest BCUT2D eigenvalue weighted by Gasteiger charge is -2.17. The number of rotatable bonds is 4. The Morgan fingerprint density at radius 1 is 1.37 bits per heavy atom. The fourth-order valence-electron chi connectivity index (χ4n) is 3.10. The fourth-order valence-corrected chi connectivity index (χ4v) is 4.19. The summed E-state index contributed by atoms with van der Waals surface area (Å²) in [4.78, 5) is 34.9. The number of hydrogen-bond donors (Lipinski definition) is 1. The molecule has 1 atom stereocenters. The Labute approximate surface area is 163 Å². The molecule has 1 unspecified atom stereocenters. The SMILES string of the molecule is COC(=O)c1ccsc1N1CCC(Nc2ncnc3cc(Cl)ccc23)C1=O. The Bertz CT molecular complexity index is 1040. The first kappa shape index (κ1) is 17.7. The van der Waals surface area contributed by atoms with Crippen LogP contribution in [0.3, 0.4) is 0 Å². The van der Waals surface area contributed by atoms with E-state index >= 15 is 0 Å². The van der Waals surface area contributed by atoms with Crippen molar-refractivity contribution >= 4 is 56.5 Å². The molecule has 1 aliphatic heterocycles. The Morgan fingerprint density at radius 2 is 2.22 bits per heavy atom. The van der Waals surface area contributed by atoms with E-state index in [1.807, 2.05) is 6.07 Å². The van der Waals surface area contributed by atoms with E-state index in [4.69, 9.17) is 16.3 Å². The van der Waals surface area contributed by atoms with Crippen molar-refractivity contribution < 1.29 is 14.3 Å². The van der Waals surface area contributed by atoms with E-state index in [-0.39, 0.29) is 5.91 Å². The highest BCUT2D eigenvalue weighted by Crippen LogP contribution is 2.33. The van der Waals surface area contributed by atoms with Gasteiger partial charge in [-0.25, -0.2) is 14.8 Å². The number of thiophene rings is 1. The second-order valence-electron chi connectivity index (χ2n) is 5.99. The highest BCUT2D eigenvalue weighted by molar-refractivity contribution is 7.14. The molecule has 3 aromatic rings. The molecule has 9 heteroatoms. The molecule has 0 bridgehead atoms. The zero-order valence-corrected chi connectivity index (χ0v) is 15.9. The molecule has 1 amide bonds. The van der Waals surface area contributed by atoms with Gasteiger partial charge in [0.1, 0.15) is 23.2 Å². The third kappa shape index (κ3) is 3.22. The van der Waals surface area contributed by atoms with Crippen LogP contribution in [0.4, 0.5) is 10.8 Å². The van der Waals surface area contributed by atoms with Gasteiger partial charge in [-0.3, -0.25) is 4.79 Å². The summed E-state index contributed by atoms with van der Waals surface area (Å²) in [7, 11) is 1.33. The number of methoxy groups -OCH3 is 1. The molecule has 138 valence electrons. The Hall–Kier alpha value is -2.71. The van der Waals surface area contributed by atoms with Crippen molar-refractivity contribution in [1.29, 1.82) is 0 Å². The average Bonchev–Trinajstić information content (AvgIpc) is 3.28. The minimum Gasteiger partial charge on any atom is -0.465 e. The molecular formula is C18H15ClN4O3S. The minimum absolute atomic E-state index is 0.108. The first-order valence-electron chi connectivity index (χ1n) is 8.22. The molecule has 27 heavy (non-hydrogen) atoms. The van der Waals surface area contributed by atoms with Gasteiger partial charge in [-0.1, -0.05) is 11.6 Å². The zero-order chi connectivity index (χ0) is 19.0. The number of anilines is 2. The van der Waals surface area contributed by atoms with Crippen LogP contribution < -0.4 is 10.2 Å². The maximum atomic E-state index is 12.9. The van der Waals surface area contributed by atoms with E-state index in [0.29, 0.717) is 39.9 Å². The van der Waals surface area contributed by atoms with Gasteiger partial charge in [-0.15, -0.1) is 11.3 Å². The second kappa shape index (κ2) is 7.13. The van der Waals surface area contributed by atoms with Crippen LogP contribution in [0.1, 0.15) is 16.8 Å². The van der Waals surface area contributed by atoms with Gasteiger partial charge in [0.2, 0.25) is 5.91 Å². The van der Waals surface area contributed by atoms with Crippen LogP contribution >= 0.6 is 22.9 Å². The van der Waals surface area contributed by atoms with Crippen LogP contribution in [0.5, 0.6) is 0 Å². The first-order chi connectivity index (χ1) is 13.1. The van der Waals surface area contributed by atoms with Crippen LogP contribution in [0.15, 0.2) is 36.0 Å². The number of hydrogen-bond acceptors (Lipinski definition) is 7. The van der Waals surface area contributed by atoms with Gasteiger partial charge >= 0.3 is 5.97 Å². The van der Waals surface area contributed by atoms with Crippen molar-refractivity contribution in [2.75, 3.05) is 23.9 Å².